The first-order valence-corrected chi connectivity index (χ1v) is 5.93. The third-order valence-electron chi connectivity index (χ3n) is 3.01. The molecule has 0 atom stereocenters. The predicted molar refractivity (Wildman–Crippen MR) is 66.9 cm³/mol. The largest absolute Gasteiger partial charge is 0.343 e. The molecule has 2 nitrogen and oxygen atoms in total. The van der Waals surface area contributed by atoms with E-state index in [1.807, 2.05) is 18.2 Å². The molecule has 1 aliphatic rings. The Morgan fingerprint density at radius 2 is 1.94 bits per heavy atom. The van der Waals surface area contributed by atoms with Crippen molar-refractivity contribution in [2.24, 2.45) is 0 Å². The highest BCUT2D eigenvalue weighted by Crippen LogP contribution is 2.23. The molecule has 0 saturated carbocycles. The Kier molecular flexibility index (Phi) is 2.33. The van der Waals surface area contributed by atoms with E-state index in [1.54, 1.807) is 0 Å². The number of hydrogen-bond acceptors (Lipinski definition) is 2. The normalized spacial score (nSPS) is 13.8. The molecule has 1 N–H and O–H groups in total. The second-order valence-corrected chi connectivity index (χ2v) is 4.45. The maximum absolute atomic E-state index is 5.34. The number of H-pyrrole nitrogens is 1. The lowest BCUT2D eigenvalue weighted by Crippen LogP contribution is -1.96. The average Bonchev–Trinajstić information content (AvgIpc) is 2.79. The second kappa shape index (κ2) is 3.83. The van der Waals surface area contributed by atoms with Gasteiger partial charge in [-0.3, -0.25) is 0 Å². The van der Waals surface area contributed by atoms with Crippen molar-refractivity contribution < 1.29 is 0 Å². The van der Waals surface area contributed by atoms with Crippen molar-refractivity contribution in [1.29, 1.82) is 0 Å². The summed E-state index contributed by atoms with van der Waals surface area (Å²) < 4.78 is 0.769. The number of nitrogens with zero attached hydrogens (tertiary/aromatic N) is 1. The van der Waals surface area contributed by atoms with E-state index in [2.05, 4.69) is 22.1 Å². The van der Waals surface area contributed by atoms with E-state index in [4.69, 9.17) is 12.2 Å². The number of benzene rings is 1. The van der Waals surface area contributed by atoms with Crippen LogP contribution in [0.3, 0.4) is 0 Å². The summed E-state index contributed by atoms with van der Waals surface area (Å²) in [5.74, 6) is 0.895. The molecule has 2 aromatic rings. The van der Waals surface area contributed by atoms with Gasteiger partial charge in [-0.2, -0.15) is 0 Å². The van der Waals surface area contributed by atoms with Crippen molar-refractivity contribution in [1.82, 2.24) is 9.97 Å². The third kappa shape index (κ3) is 1.57. The molecular weight excluding hydrogens is 216 g/mol. The minimum absolute atomic E-state index is 0.769. The molecule has 1 heterocycles. The number of fused-ring (bicyclic) bond motifs is 1. The SMILES string of the molecule is S=c1nc(-c2ccccc2)[nH]c2c1CCC2. The van der Waals surface area contributed by atoms with Crippen LogP contribution in [-0.2, 0) is 12.8 Å². The molecule has 0 spiro atoms. The monoisotopic (exact) mass is 228 g/mol. The van der Waals surface area contributed by atoms with Gasteiger partial charge in [0.1, 0.15) is 10.5 Å². The lowest BCUT2D eigenvalue weighted by atomic mass is 10.2. The lowest BCUT2D eigenvalue weighted by Gasteiger charge is -2.05. The molecule has 1 aliphatic carbocycles. The van der Waals surface area contributed by atoms with E-state index in [0.717, 1.165) is 28.9 Å². The molecule has 0 aliphatic heterocycles. The third-order valence-corrected chi connectivity index (χ3v) is 3.34. The Bertz CT molecular complexity index is 572. The summed E-state index contributed by atoms with van der Waals surface area (Å²) in [4.78, 5) is 7.88. The van der Waals surface area contributed by atoms with Gasteiger partial charge in [0.15, 0.2) is 0 Å². The van der Waals surface area contributed by atoms with E-state index in [-0.39, 0.29) is 0 Å². The van der Waals surface area contributed by atoms with Crippen molar-refractivity contribution in [2.45, 2.75) is 19.3 Å². The molecule has 0 saturated heterocycles. The molecular formula is C13H12N2S. The summed E-state index contributed by atoms with van der Waals surface area (Å²) in [5.41, 5.74) is 3.62. The van der Waals surface area contributed by atoms with Crippen LogP contribution in [0.25, 0.3) is 11.4 Å². The highest BCUT2D eigenvalue weighted by atomic mass is 32.1. The van der Waals surface area contributed by atoms with Crippen molar-refractivity contribution in [3.8, 4) is 11.4 Å². The van der Waals surface area contributed by atoms with Gasteiger partial charge in [-0.05, 0) is 19.3 Å². The summed E-state index contributed by atoms with van der Waals surface area (Å²) in [7, 11) is 0. The Labute approximate surface area is 99.4 Å². The molecule has 0 amide bonds. The lowest BCUT2D eigenvalue weighted by molar-refractivity contribution is 0.899. The van der Waals surface area contributed by atoms with Crippen LogP contribution < -0.4 is 0 Å². The summed E-state index contributed by atoms with van der Waals surface area (Å²) >= 11 is 5.34. The average molecular weight is 228 g/mol. The van der Waals surface area contributed by atoms with Crippen LogP contribution in [0.2, 0.25) is 0 Å². The number of hydrogen-bond donors (Lipinski definition) is 1. The standard InChI is InChI=1S/C13H12N2S/c16-13-10-7-4-8-11(10)14-12(15-13)9-5-2-1-3-6-9/h1-3,5-6H,4,7-8H2,(H,14,15,16). The first-order valence-electron chi connectivity index (χ1n) is 5.52. The van der Waals surface area contributed by atoms with Gasteiger partial charge in [0.05, 0.1) is 0 Å². The molecule has 0 unspecified atom stereocenters. The van der Waals surface area contributed by atoms with E-state index in [9.17, 15) is 0 Å². The van der Waals surface area contributed by atoms with E-state index < -0.39 is 0 Å². The van der Waals surface area contributed by atoms with E-state index >= 15 is 0 Å². The van der Waals surface area contributed by atoms with Gasteiger partial charge < -0.3 is 4.98 Å². The van der Waals surface area contributed by atoms with Crippen LogP contribution in [-0.4, -0.2) is 9.97 Å². The quantitative estimate of drug-likeness (QED) is 0.759. The summed E-state index contributed by atoms with van der Waals surface area (Å²) in [6.45, 7) is 0. The van der Waals surface area contributed by atoms with Crippen LogP contribution in [0.1, 0.15) is 17.7 Å². The minimum Gasteiger partial charge on any atom is -0.343 e. The van der Waals surface area contributed by atoms with Crippen LogP contribution in [0, 0.1) is 4.64 Å². The molecule has 0 bridgehead atoms. The Morgan fingerprint density at radius 1 is 1.12 bits per heavy atom. The molecule has 0 fully saturated rings. The van der Waals surface area contributed by atoms with Gasteiger partial charge in [0.2, 0.25) is 0 Å². The number of rotatable bonds is 1. The van der Waals surface area contributed by atoms with Crippen LogP contribution in [0.4, 0.5) is 0 Å². The fraction of sp³-hybridized carbons (Fsp3) is 0.231. The number of aromatic nitrogens is 2. The maximum atomic E-state index is 5.34. The first kappa shape index (κ1) is 9.73. The first-order chi connectivity index (χ1) is 7.84. The second-order valence-electron chi connectivity index (χ2n) is 4.07. The van der Waals surface area contributed by atoms with E-state index in [1.165, 1.54) is 17.7 Å². The highest BCUT2D eigenvalue weighted by Gasteiger charge is 2.14. The van der Waals surface area contributed by atoms with Crippen molar-refractivity contribution in [3.05, 3.63) is 46.2 Å². The fourth-order valence-electron chi connectivity index (χ4n) is 2.19. The maximum Gasteiger partial charge on any atom is 0.139 e. The molecule has 1 aromatic carbocycles. The predicted octanol–water partition coefficient (Wildman–Crippen LogP) is 3.29. The van der Waals surface area contributed by atoms with Gasteiger partial charge in [0.25, 0.3) is 0 Å². The highest BCUT2D eigenvalue weighted by molar-refractivity contribution is 7.71. The van der Waals surface area contributed by atoms with Crippen LogP contribution in [0.15, 0.2) is 30.3 Å². The molecule has 3 rings (SSSR count). The zero-order chi connectivity index (χ0) is 11.0. The van der Waals surface area contributed by atoms with E-state index in [0.29, 0.717) is 0 Å². The van der Waals surface area contributed by atoms with Crippen LogP contribution in [0.5, 0.6) is 0 Å². The van der Waals surface area contributed by atoms with Gasteiger partial charge in [0, 0.05) is 16.8 Å². The molecule has 3 heteroatoms. The smallest absolute Gasteiger partial charge is 0.139 e. The Balaban J connectivity index is 2.17. The van der Waals surface area contributed by atoms with Gasteiger partial charge in [-0.15, -0.1) is 0 Å². The zero-order valence-corrected chi connectivity index (χ0v) is 9.68. The zero-order valence-electron chi connectivity index (χ0n) is 8.86. The van der Waals surface area contributed by atoms with Gasteiger partial charge >= 0.3 is 0 Å². The fourth-order valence-corrected chi connectivity index (χ4v) is 2.51. The molecule has 80 valence electrons. The van der Waals surface area contributed by atoms with Crippen molar-refractivity contribution in [3.63, 3.8) is 0 Å². The number of aryl methyl sites for hydroxylation is 1. The molecule has 1 aromatic heterocycles. The minimum atomic E-state index is 0.769. The Morgan fingerprint density at radius 3 is 2.75 bits per heavy atom. The molecule has 16 heavy (non-hydrogen) atoms. The van der Waals surface area contributed by atoms with Gasteiger partial charge in [-0.1, -0.05) is 42.5 Å². The number of aromatic amines is 1. The summed E-state index contributed by atoms with van der Waals surface area (Å²) in [6.07, 6.45) is 3.36. The topological polar surface area (TPSA) is 28.7 Å². The van der Waals surface area contributed by atoms with Crippen LogP contribution >= 0.6 is 12.2 Å². The number of nitrogens with one attached hydrogen (secondary N) is 1. The van der Waals surface area contributed by atoms with Crippen molar-refractivity contribution >= 4 is 12.2 Å². The Hall–Kier alpha value is -1.48. The molecule has 0 radical (unpaired) electrons. The summed E-state index contributed by atoms with van der Waals surface area (Å²) in [5, 5.41) is 0. The summed E-state index contributed by atoms with van der Waals surface area (Å²) in [6, 6.07) is 10.1. The van der Waals surface area contributed by atoms with Crippen molar-refractivity contribution in [2.75, 3.05) is 0 Å². The van der Waals surface area contributed by atoms with Gasteiger partial charge in [-0.25, -0.2) is 4.98 Å².